The third-order valence-corrected chi connectivity index (χ3v) is 5.48. The highest BCUT2D eigenvalue weighted by atomic mass is 32.2. The van der Waals surface area contributed by atoms with E-state index >= 15 is 0 Å². The Morgan fingerprint density at radius 3 is 2.47 bits per heavy atom. The molecule has 3 rings (SSSR count). The van der Waals surface area contributed by atoms with Gasteiger partial charge in [-0.3, -0.25) is 14.4 Å². The number of anilines is 1. The quantitative estimate of drug-likeness (QED) is 0.577. The second kappa shape index (κ2) is 10.0. The van der Waals surface area contributed by atoms with Crippen LogP contribution in [-0.2, 0) is 19.6 Å². The summed E-state index contributed by atoms with van der Waals surface area (Å²) in [5.41, 5.74) is 8.84. The van der Waals surface area contributed by atoms with Crippen molar-refractivity contribution in [1.82, 2.24) is 10.2 Å². The van der Waals surface area contributed by atoms with Crippen molar-refractivity contribution in [3.05, 3.63) is 54.1 Å². The lowest BCUT2D eigenvalue weighted by Gasteiger charge is -2.31. The van der Waals surface area contributed by atoms with E-state index in [4.69, 9.17) is 10.5 Å². The average Bonchev–Trinajstić information content (AvgIpc) is 2.73. The highest BCUT2D eigenvalue weighted by molar-refractivity contribution is 7.92. The van der Waals surface area contributed by atoms with Crippen molar-refractivity contribution in [2.45, 2.75) is 6.04 Å². The number of nitrogens with one attached hydrogen (secondary N) is 2. The van der Waals surface area contributed by atoms with E-state index in [1.165, 1.54) is 0 Å². The first-order valence-electron chi connectivity index (χ1n) is 9.82. The van der Waals surface area contributed by atoms with E-state index in [0.29, 0.717) is 25.4 Å². The monoisotopic (exact) mass is 432 g/mol. The molecular weight excluding hydrogens is 404 g/mol. The number of sulfonamides is 1. The molecule has 0 radical (unpaired) electrons. The first-order valence-corrected chi connectivity index (χ1v) is 11.7. The van der Waals surface area contributed by atoms with Crippen molar-refractivity contribution in [2.75, 3.05) is 50.4 Å². The van der Waals surface area contributed by atoms with Gasteiger partial charge in [-0.25, -0.2) is 8.42 Å². The van der Waals surface area contributed by atoms with Gasteiger partial charge >= 0.3 is 0 Å². The Hall–Kier alpha value is -2.46. The van der Waals surface area contributed by atoms with Gasteiger partial charge in [0.05, 0.1) is 32.1 Å². The molecule has 1 aliphatic rings. The normalized spacial score (nSPS) is 16.1. The number of amides is 1. The average molecular weight is 433 g/mol. The largest absolute Gasteiger partial charge is 0.379 e. The Kier molecular flexibility index (Phi) is 7.43. The Morgan fingerprint density at radius 1 is 1.13 bits per heavy atom. The van der Waals surface area contributed by atoms with Gasteiger partial charge in [-0.2, -0.15) is 0 Å². The summed E-state index contributed by atoms with van der Waals surface area (Å²) in [5, 5.41) is 3.00. The molecule has 0 spiro atoms. The molecule has 0 saturated carbocycles. The molecule has 1 amide bonds. The molecule has 30 heavy (non-hydrogen) atoms. The standard InChI is InChI=1S/C21H28N4O4S/c1-30(27,28)24-19-4-2-3-18(13-19)16-5-7-17(8-6-16)20(23-21(26)14-22)15-25-9-11-29-12-10-25/h2-8,13,20,24H,9-12,14-15,22H2,1H3,(H,23,26). The minimum Gasteiger partial charge on any atom is -0.379 e. The number of carbonyl (C=O) groups is 1. The van der Waals surface area contributed by atoms with Crippen LogP contribution in [0.25, 0.3) is 11.1 Å². The van der Waals surface area contributed by atoms with Crippen LogP contribution in [0.1, 0.15) is 11.6 Å². The molecule has 0 bridgehead atoms. The van der Waals surface area contributed by atoms with E-state index < -0.39 is 10.0 Å². The fourth-order valence-corrected chi connectivity index (χ4v) is 3.97. The summed E-state index contributed by atoms with van der Waals surface area (Å²) in [5.74, 6) is -0.197. The van der Waals surface area contributed by atoms with Crippen LogP contribution < -0.4 is 15.8 Å². The van der Waals surface area contributed by atoms with E-state index in [9.17, 15) is 13.2 Å². The van der Waals surface area contributed by atoms with Crippen molar-refractivity contribution in [1.29, 1.82) is 0 Å². The lowest BCUT2D eigenvalue weighted by atomic mass is 10.00. The van der Waals surface area contributed by atoms with Gasteiger partial charge < -0.3 is 15.8 Å². The van der Waals surface area contributed by atoms with Crippen molar-refractivity contribution in [2.24, 2.45) is 5.73 Å². The Morgan fingerprint density at radius 2 is 1.83 bits per heavy atom. The zero-order chi connectivity index (χ0) is 21.6. The smallest absolute Gasteiger partial charge is 0.234 e. The Bertz CT molecular complexity index is 957. The lowest BCUT2D eigenvalue weighted by Crippen LogP contribution is -2.44. The van der Waals surface area contributed by atoms with Crippen molar-refractivity contribution < 1.29 is 17.9 Å². The Labute approximate surface area is 177 Å². The minimum absolute atomic E-state index is 0.0577. The van der Waals surface area contributed by atoms with Gasteiger partial charge in [0.1, 0.15) is 0 Å². The SMILES string of the molecule is CS(=O)(=O)Nc1cccc(-c2ccc(C(CN3CCOCC3)NC(=O)CN)cc2)c1. The molecule has 1 atom stereocenters. The minimum atomic E-state index is -3.34. The van der Waals surface area contributed by atoms with E-state index in [1.807, 2.05) is 30.3 Å². The number of nitrogens with zero attached hydrogens (tertiary/aromatic N) is 1. The molecule has 2 aromatic rings. The van der Waals surface area contributed by atoms with Gasteiger partial charge in [0, 0.05) is 25.3 Å². The maximum absolute atomic E-state index is 11.9. The molecule has 2 aromatic carbocycles. The van der Waals surface area contributed by atoms with Crippen LogP contribution in [0, 0.1) is 0 Å². The molecule has 1 heterocycles. The summed E-state index contributed by atoms with van der Waals surface area (Å²) in [7, 11) is -3.34. The summed E-state index contributed by atoms with van der Waals surface area (Å²) in [6.45, 7) is 3.66. The molecule has 4 N–H and O–H groups in total. The molecule has 1 saturated heterocycles. The molecule has 1 unspecified atom stereocenters. The molecule has 1 fully saturated rings. The van der Waals surface area contributed by atoms with E-state index in [1.54, 1.807) is 18.2 Å². The highest BCUT2D eigenvalue weighted by Gasteiger charge is 2.20. The van der Waals surface area contributed by atoms with Crippen LogP contribution in [0.15, 0.2) is 48.5 Å². The molecule has 9 heteroatoms. The maximum Gasteiger partial charge on any atom is 0.234 e. The van der Waals surface area contributed by atoms with Gasteiger partial charge in [0.25, 0.3) is 0 Å². The molecule has 1 aliphatic heterocycles. The number of hydrogen-bond donors (Lipinski definition) is 3. The van der Waals surface area contributed by atoms with E-state index in [-0.39, 0.29) is 18.5 Å². The van der Waals surface area contributed by atoms with Crippen LogP contribution in [0.4, 0.5) is 5.69 Å². The number of carbonyl (C=O) groups excluding carboxylic acids is 1. The zero-order valence-electron chi connectivity index (χ0n) is 17.0. The molecule has 162 valence electrons. The predicted octanol–water partition coefficient (Wildman–Crippen LogP) is 1.17. The molecule has 0 aliphatic carbocycles. The third-order valence-electron chi connectivity index (χ3n) is 4.88. The highest BCUT2D eigenvalue weighted by Crippen LogP contribution is 2.25. The van der Waals surface area contributed by atoms with E-state index in [0.717, 1.165) is 36.0 Å². The second-order valence-corrected chi connectivity index (χ2v) is 9.06. The van der Waals surface area contributed by atoms with Crippen LogP contribution in [-0.4, -0.2) is 64.9 Å². The summed E-state index contributed by atoms with van der Waals surface area (Å²) in [6, 6.07) is 14.9. The van der Waals surface area contributed by atoms with Gasteiger partial charge in [-0.05, 0) is 28.8 Å². The maximum atomic E-state index is 11.9. The van der Waals surface area contributed by atoms with E-state index in [2.05, 4.69) is 14.9 Å². The fraction of sp³-hybridized carbons (Fsp3) is 0.381. The summed E-state index contributed by atoms with van der Waals surface area (Å²) < 4.78 is 30.8. The molecule has 0 aromatic heterocycles. The van der Waals surface area contributed by atoms with Gasteiger partial charge in [0.2, 0.25) is 15.9 Å². The Balaban J connectivity index is 1.78. The number of nitrogens with two attached hydrogens (primary N) is 1. The lowest BCUT2D eigenvalue weighted by molar-refractivity contribution is -0.120. The number of hydrogen-bond acceptors (Lipinski definition) is 6. The van der Waals surface area contributed by atoms with Crippen LogP contribution in [0.5, 0.6) is 0 Å². The predicted molar refractivity (Wildman–Crippen MR) is 118 cm³/mol. The van der Waals surface area contributed by atoms with Crippen molar-refractivity contribution in [3.63, 3.8) is 0 Å². The van der Waals surface area contributed by atoms with Crippen molar-refractivity contribution in [3.8, 4) is 11.1 Å². The van der Waals surface area contributed by atoms with Crippen molar-refractivity contribution >= 4 is 21.6 Å². The summed E-state index contributed by atoms with van der Waals surface area (Å²) in [4.78, 5) is 14.2. The molecule has 8 nitrogen and oxygen atoms in total. The topological polar surface area (TPSA) is 114 Å². The number of rotatable bonds is 8. The first kappa shape index (κ1) is 22.2. The fourth-order valence-electron chi connectivity index (χ4n) is 3.41. The van der Waals surface area contributed by atoms with Crippen LogP contribution >= 0.6 is 0 Å². The van der Waals surface area contributed by atoms with Gasteiger partial charge in [0.15, 0.2) is 0 Å². The van der Waals surface area contributed by atoms with Gasteiger partial charge in [-0.1, -0.05) is 36.4 Å². The molecular formula is C21H28N4O4S. The zero-order valence-corrected chi connectivity index (χ0v) is 17.8. The summed E-state index contributed by atoms with van der Waals surface area (Å²) >= 11 is 0. The van der Waals surface area contributed by atoms with Crippen LogP contribution in [0.2, 0.25) is 0 Å². The third kappa shape index (κ3) is 6.53. The number of ether oxygens (including phenoxy) is 1. The number of benzene rings is 2. The van der Waals surface area contributed by atoms with Crippen LogP contribution in [0.3, 0.4) is 0 Å². The number of morpholine rings is 1. The summed E-state index contributed by atoms with van der Waals surface area (Å²) in [6.07, 6.45) is 1.12. The van der Waals surface area contributed by atoms with Gasteiger partial charge in [-0.15, -0.1) is 0 Å². The second-order valence-electron chi connectivity index (χ2n) is 7.31. The first-order chi connectivity index (χ1) is 14.3.